The van der Waals surface area contributed by atoms with Crippen molar-refractivity contribution in [2.75, 3.05) is 13.0 Å². The van der Waals surface area contributed by atoms with Gasteiger partial charge in [0, 0.05) is 11.5 Å². The number of nitrogens with zero attached hydrogens (tertiary/aromatic N) is 3. The van der Waals surface area contributed by atoms with Gasteiger partial charge in [-0.05, 0) is 43.5 Å². The second-order valence-electron chi connectivity index (χ2n) is 4.93. The zero-order chi connectivity index (χ0) is 16.8. The highest BCUT2D eigenvalue weighted by Gasteiger charge is 2.10. The molecule has 6 nitrogen and oxygen atoms in total. The summed E-state index contributed by atoms with van der Waals surface area (Å²) in [4.78, 5) is 15.4. The Bertz CT molecular complexity index is 725. The van der Waals surface area contributed by atoms with Gasteiger partial charge in [-0.25, -0.2) is 14.5 Å². The van der Waals surface area contributed by atoms with E-state index in [-0.39, 0.29) is 0 Å². The number of carbonyl (C=O) groups is 1. The molecule has 0 fully saturated rings. The van der Waals surface area contributed by atoms with Gasteiger partial charge < -0.3 is 9.84 Å². The van der Waals surface area contributed by atoms with Crippen molar-refractivity contribution in [3.8, 4) is 11.4 Å². The third kappa shape index (κ3) is 4.32. The summed E-state index contributed by atoms with van der Waals surface area (Å²) in [6.07, 6.45) is 4.28. The van der Waals surface area contributed by atoms with Crippen LogP contribution in [0.1, 0.15) is 24.2 Å². The zero-order valence-corrected chi connectivity index (χ0v) is 13.7. The molecule has 0 saturated carbocycles. The number of alkyl halides is 1. The molecule has 1 heterocycles. The topological polar surface area (TPSA) is 77.2 Å². The van der Waals surface area contributed by atoms with Gasteiger partial charge in [-0.2, -0.15) is 5.10 Å². The Morgan fingerprint density at radius 2 is 2.26 bits per heavy atom. The van der Waals surface area contributed by atoms with Crippen LogP contribution in [0.5, 0.6) is 5.75 Å². The number of ether oxygens (including phenoxy) is 1. The fourth-order valence-electron chi connectivity index (χ4n) is 2.13. The molecule has 0 unspecified atom stereocenters. The molecule has 23 heavy (non-hydrogen) atoms. The average Bonchev–Trinajstić information content (AvgIpc) is 2.97. The molecule has 0 spiro atoms. The van der Waals surface area contributed by atoms with Crippen LogP contribution in [0.3, 0.4) is 0 Å². The van der Waals surface area contributed by atoms with Gasteiger partial charge in [-0.15, -0.1) is 11.6 Å². The third-order valence-corrected chi connectivity index (χ3v) is 3.52. The number of halogens is 1. The van der Waals surface area contributed by atoms with E-state index in [2.05, 4.69) is 10.1 Å². The monoisotopic (exact) mass is 335 g/mol. The number of aryl methyl sites for hydroxylation is 1. The maximum absolute atomic E-state index is 11.3. The fraction of sp³-hybridized carbons (Fsp3) is 0.312. The lowest BCUT2D eigenvalue weighted by molar-refractivity contribution is -0.132. The maximum Gasteiger partial charge on any atom is 0.331 e. The number of carboxylic acids is 1. The molecule has 122 valence electrons. The first kappa shape index (κ1) is 17.0. The minimum Gasteiger partial charge on any atom is -0.494 e. The second-order valence-corrected chi connectivity index (χ2v) is 5.31. The summed E-state index contributed by atoms with van der Waals surface area (Å²) in [7, 11) is 1.56. The maximum atomic E-state index is 11.3. The summed E-state index contributed by atoms with van der Waals surface area (Å²) < 4.78 is 7.00. The van der Waals surface area contributed by atoms with Crippen molar-refractivity contribution in [3.63, 3.8) is 0 Å². The standard InChI is InChI=1S/C16H18ClN3O3/c1-11-18-10-20(19-11)14-6-5-12(9-15(14)23-2)8-13(16(21)22)4-3-7-17/h5-6,8-10H,3-4,7H2,1-2H3,(H,21,22). The zero-order valence-electron chi connectivity index (χ0n) is 13.0. The lowest BCUT2D eigenvalue weighted by Crippen LogP contribution is -2.02. The Labute approximate surface area is 139 Å². The van der Waals surface area contributed by atoms with Crippen molar-refractivity contribution >= 4 is 23.6 Å². The number of hydrogen-bond donors (Lipinski definition) is 1. The van der Waals surface area contributed by atoms with Gasteiger partial charge in [-0.1, -0.05) is 6.07 Å². The minimum atomic E-state index is -0.940. The van der Waals surface area contributed by atoms with Gasteiger partial charge in [0.25, 0.3) is 0 Å². The molecule has 2 aromatic rings. The van der Waals surface area contributed by atoms with Crippen LogP contribution in [-0.4, -0.2) is 38.8 Å². The van der Waals surface area contributed by atoms with Crippen molar-refractivity contribution in [1.29, 1.82) is 0 Å². The molecule has 0 aliphatic rings. The van der Waals surface area contributed by atoms with E-state index in [9.17, 15) is 9.90 Å². The quantitative estimate of drug-likeness (QED) is 0.621. The number of rotatable bonds is 7. The van der Waals surface area contributed by atoms with Crippen molar-refractivity contribution in [3.05, 3.63) is 41.5 Å². The summed E-state index contributed by atoms with van der Waals surface area (Å²) >= 11 is 5.64. The summed E-state index contributed by atoms with van der Waals surface area (Å²) in [6.45, 7) is 1.80. The van der Waals surface area contributed by atoms with Gasteiger partial charge in [-0.3, -0.25) is 0 Å². The minimum absolute atomic E-state index is 0.317. The van der Waals surface area contributed by atoms with E-state index >= 15 is 0 Å². The molecule has 0 aliphatic heterocycles. The van der Waals surface area contributed by atoms with Crippen LogP contribution in [0, 0.1) is 6.92 Å². The van der Waals surface area contributed by atoms with E-state index in [0.29, 0.717) is 35.9 Å². The molecular weight excluding hydrogens is 318 g/mol. The molecule has 0 atom stereocenters. The predicted octanol–water partition coefficient (Wildman–Crippen LogP) is 3.07. The molecule has 1 N–H and O–H groups in total. The van der Waals surface area contributed by atoms with Crippen LogP contribution in [0.2, 0.25) is 0 Å². The van der Waals surface area contributed by atoms with E-state index in [1.165, 1.54) is 0 Å². The number of aromatic nitrogens is 3. The summed E-state index contributed by atoms with van der Waals surface area (Å²) in [5.74, 6) is 0.736. The highest BCUT2D eigenvalue weighted by molar-refractivity contribution is 6.17. The molecule has 0 saturated heterocycles. The van der Waals surface area contributed by atoms with E-state index in [1.807, 2.05) is 12.1 Å². The van der Waals surface area contributed by atoms with Gasteiger partial charge >= 0.3 is 5.97 Å². The van der Waals surface area contributed by atoms with Gasteiger partial charge in [0.05, 0.1) is 7.11 Å². The van der Waals surface area contributed by atoms with Crippen LogP contribution in [0.4, 0.5) is 0 Å². The van der Waals surface area contributed by atoms with Gasteiger partial charge in [0.15, 0.2) is 0 Å². The Balaban J connectivity index is 2.36. The molecule has 1 aromatic heterocycles. The third-order valence-electron chi connectivity index (χ3n) is 3.25. The van der Waals surface area contributed by atoms with E-state index in [1.54, 1.807) is 37.2 Å². The van der Waals surface area contributed by atoms with Crippen LogP contribution in [-0.2, 0) is 4.79 Å². The van der Waals surface area contributed by atoms with Gasteiger partial charge in [0.1, 0.15) is 23.6 Å². The first-order valence-electron chi connectivity index (χ1n) is 7.11. The number of hydrogen-bond acceptors (Lipinski definition) is 4. The smallest absolute Gasteiger partial charge is 0.331 e. The largest absolute Gasteiger partial charge is 0.494 e. The number of methoxy groups -OCH3 is 1. The van der Waals surface area contributed by atoms with E-state index in [4.69, 9.17) is 16.3 Å². The summed E-state index contributed by atoms with van der Waals surface area (Å²) in [5, 5.41) is 13.5. The van der Waals surface area contributed by atoms with Crippen molar-refractivity contribution < 1.29 is 14.6 Å². The average molecular weight is 336 g/mol. The van der Waals surface area contributed by atoms with Crippen molar-refractivity contribution in [2.24, 2.45) is 0 Å². The Morgan fingerprint density at radius 3 is 2.83 bits per heavy atom. The SMILES string of the molecule is COc1cc(C=C(CCCCl)C(=O)O)ccc1-n1cnc(C)n1. The normalized spacial score (nSPS) is 11.5. The second kappa shape index (κ2) is 7.78. The van der Waals surface area contributed by atoms with Gasteiger partial charge in [0.2, 0.25) is 0 Å². The Hall–Kier alpha value is -2.34. The first-order chi connectivity index (χ1) is 11.0. The highest BCUT2D eigenvalue weighted by atomic mass is 35.5. The lowest BCUT2D eigenvalue weighted by atomic mass is 10.1. The molecule has 0 bridgehead atoms. The Morgan fingerprint density at radius 1 is 1.48 bits per heavy atom. The number of benzene rings is 1. The van der Waals surface area contributed by atoms with Crippen LogP contribution in [0.25, 0.3) is 11.8 Å². The molecule has 0 amide bonds. The lowest BCUT2D eigenvalue weighted by Gasteiger charge is -2.09. The molecule has 2 rings (SSSR count). The van der Waals surface area contributed by atoms with Crippen LogP contribution in [0.15, 0.2) is 30.1 Å². The number of aliphatic carboxylic acids is 1. The van der Waals surface area contributed by atoms with Crippen molar-refractivity contribution in [1.82, 2.24) is 14.8 Å². The summed E-state index contributed by atoms with van der Waals surface area (Å²) in [6, 6.07) is 5.41. The fourth-order valence-corrected chi connectivity index (χ4v) is 2.27. The number of carboxylic acid groups (broad SMARTS) is 1. The first-order valence-corrected chi connectivity index (χ1v) is 7.65. The molecule has 7 heteroatoms. The molecule has 0 radical (unpaired) electrons. The van der Waals surface area contributed by atoms with Crippen LogP contribution < -0.4 is 4.74 Å². The van der Waals surface area contributed by atoms with Crippen LogP contribution >= 0.6 is 11.6 Å². The molecule has 1 aromatic carbocycles. The summed E-state index contributed by atoms with van der Waals surface area (Å²) in [5.41, 5.74) is 1.80. The van der Waals surface area contributed by atoms with E-state index < -0.39 is 5.97 Å². The predicted molar refractivity (Wildman–Crippen MR) is 88.2 cm³/mol. The van der Waals surface area contributed by atoms with Crippen molar-refractivity contribution in [2.45, 2.75) is 19.8 Å². The molecular formula is C16H18ClN3O3. The highest BCUT2D eigenvalue weighted by Crippen LogP contribution is 2.25. The Kier molecular flexibility index (Phi) is 5.76. The molecule has 0 aliphatic carbocycles. The van der Waals surface area contributed by atoms with E-state index in [0.717, 1.165) is 11.3 Å².